The summed E-state index contributed by atoms with van der Waals surface area (Å²) in [6, 6.07) is 3.44. The van der Waals surface area contributed by atoms with Gasteiger partial charge in [0, 0.05) is 18.1 Å². The highest BCUT2D eigenvalue weighted by atomic mass is 16.3. The molecule has 2 aromatic heterocycles. The maximum absolute atomic E-state index is 9.45. The molecule has 2 heterocycles. The van der Waals surface area contributed by atoms with E-state index >= 15 is 0 Å². The Morgan fingerprint density at radius 3 is 3.08 bits per heavy atom. The Hall–Kier alpha value is -1.68. The molecule has 0 radical (unpaired) electrons. The van der Waals surface area contributed by atoms with E-state index in [0.29, 0.717) is 5.69 Å². The Kier molecular flexibility index (Phi) is 1.83. The SMILES string of the molecule is NCc1nc2cnccc2cc1O. The number of rotatable bonds is 1. The van der Waals surface area contributed by atoms with E-state index in [2.05, 4.69) is 9.97 Å². The minimum absolute atomic E-state index is 0.140. The van der Waals surface area contributed by atoms with Crippen LogP contribution in [0.3, 0.4) is 0 Å². The summed E-state index contributed by atoms with van der Waals surface area (Å²) in [6.45, 7) is 0.233. The Balaban J connectivity index is 2.74. The van der Waals surface area contributed by atoms with Gasteiger partial charge in [-0.05, 0) is 12.1 Å². The van der Waals surface area contributed by atoms with E-state index in [9.17, 15) is 5.11 Å². The second-order valence-electron chi connectivity index (χ2n) is 2.73. The van der Waals surface area contributed by atoms with Gasteiger partial charge in [0.1, 0.15) is 5.75 Å². The van der Waals surface area contributed by atoms with E-state index in [0.717, 1.165) is 10.9 Å². The predicted molar refractivity (Wildman–Crippen MR) is 49.1 cm³/mol. The number of aromatic nitrogens is 2. The van der Waals surface area contributed by atoms with Gasteiger partial charge in [0.2, 0.25) is 0 Å². The van der Waals surface area contributed by atoms with Crippen molar-refractivity contribution in [2.24, 2.45) is 5.73 Å². The highest BCUT2D eigenvalue weighted by Gasteiger charge is 2.02. The maximum atomic E-state index is 9.45. The van der Waals surface area contributed by atoms with Gasteiger partial charge in [-0.25, -0.2) is 4.98 Å². The fraction of sp³-hybridized carbons (Fsp3) is 0.111. The van der Waals surface area contributed by atoms with Crippen LogP contribution in [0, 0.1) is 0 Å². The van der Waals surface area contributed by atoms with Crippen molar-refractivity contribution >= 4 is 10.9 Å². The van der Waals surface area contributed by atoms with Crippen LogP contribution in [0.4, 0.5) is 0 Å². The Morgan fingerprint density at radius 2 is 2.31 bits per heavy atom. The van der Waals surface area contributed by atoms with Crippen molar-refractivity contribution in [1.29, 1.82) is 0 Å². The number of hydrogen-bond acceptors (Lipinski definition) is 4. The van der Waals surface area contributed by atoms with Crippen LogP contribution in [-0.4, -0.2) is 15.1 Å². The highest BCUT2D eigenvalue weighted by Crippen LogP contribution is 2.20. The predicted octanol–water partition coefficient (Wildman–Crippen LogP) is 0.794. The fourth-order valence-electron chi connectivity index (χ4n) is 1.20. The van der Waals surface area contributed by atoms with Gasteiger partial charge in [-0.15, -0.1) is 0 Å². The molecule has 4 nitrogen and oxygen atoms in total. The molecule has 0 saturated heterocycles. The Morgan fingerprint density at radius 1 is 1.46 bits per heavy atom. The maximum Gasteiger partial charge on any atom is 0.139 e. The molecule has 2 aromatic rings. The molecule has 66 valence electrons. The van der Waals surface area contributed by atoms with Crippen LogP contribution in [0.1, 0.15) is 5.69 Å². The molecule has 3 N–H and O–H groups in total. The number of nitrogens with zero attached hydrogens (tertiary/aromatic N) is 2. The van der Waals surface area contributed by atoms with E-state index in [4.69, 9.17) is 5.73 Å². The van der Waals surface area contributed by atoms with Gasteiger partial charge in [-0.2, -0.15) is 0 Å². The highest BCUT2D eigenvalue weighted by molar-refractivity contribution is 5.79. The molecular weight excluding hydrogens is 166 g/mol. The third-order valence-corrected chi connectivity index (χ3v) is 1.87. The smallest absolute Gasteiger partial charge is 0.139 e. The van der Waals surface area contributed by atoms with Crippen molar-refractivity contribution < 1.29 is 5.11 Å². The zero-order chi connectivity index (χ0) is 9.26. The molecule has 2 rings (SSSR count). The number of fused-ring (bicyclic) bond motifs is 1. The van der Waals surface area contributed by atoms with Gasteiger partial charge in [0.15, 0.2) is 0 Å². The molecular formula is C9H9N3O. The summed E-state index contributed by atoms with van der Waals surface area (Å²) in [7, 11) is 0. The number of pyridine rings is 2. The normalized spacial score (nSPS) is 10.5. The summed E-state index contributed by atoms with van der Waals surface area (Å²) in [5.74, 6) is 0.140. The molecule has 0 unspecified atom stereocenters. The van der Waals surface area contributed by atoms with Gasteiger partial charge in [-0.1, -0.05) is 0 Å². The largest absolute Gasteiger partial charge is 0.506 e. The fourth-order valence-corrected chi connectivity index (χ4v) is 1.20. The topological polar surface area (TPSA) is 72.0 Å². The van der Waals surface area contributed by atoms with E-state index in [1.165, 1.54) is 0 Å². The zero-order valence-corrected chi connectivity index (χ0v) is 6.94. The van der Waals surface area contributed by atoms with Crippen LogP contribution in [0.15, 0.2) is 24.5 Å². The van der Waals surface area contributed by atoms with Gasteiger partial charge < -0.3 is 10.8 Å². The van der Waals surface area contributed by atoms with E-state index < -0.39 is 0 Å². The van der Waals surface area contributed by atoms with Crippen LogP contribution >= 0.6 is 0 Å². The van der Waals surface area contributed by atoms with Crippen LogP contribution < -0.4 is 5.73 Å². The van der Waals surface area contributed by atoms with Crippen molar-refractivity contribution in [2.45, 2.75) is 6.54 Å². The number of hydrogen-bond donors (Lipinski definition) is 2. The first-order valence-electron chi connectivity index (χ1n) is 3.94. The molecule has 0 atom stereocenters. The van der Waals surface area contributed by atoms with Crippen molar-refractivity contribution in [3.63, 3.8) is 0 Å². The first kappa shape index (κ1) is 7.94. The van der Waals surface area contributed by atoms with Crippen molar-refractivity contribution in [1.82, 2.24) is 9.97 Å². The molecule has 0 amide bonds. The monoisotopic (exact) mass is 175 g/mol. The minimum atomic E-state index is 0.140. The zero-order valence-electron chi connectivity index (χ0n) is 6.94. The molecule has 0 aliphatic heterocycles. The van der Waals surface area contributed by atoms with Gasteiger partial charge in [0.05, 0.1) is 17.4 Å². The van der Waals surface area contributed by atoms with Crippen LogP contribution in [0.25, 0.3) is 10.9 Å². The summed E-state index contributed by atoms with van der Waals surface area (Å²) < 4.78 is 0. The standard InChI is InChI=1S/C9H9N3O/c10-4-7-9(13)3-6-1-2-11-5-8(6)12-7/h1-3,5,13H,4,10H2. The number of nitrogens with two attached hydrogens (primary N) is 1. The minimum Gasteiger partial charge on any atom is -0.506 e. The van der Waals surface area contributed by atoms with E-state index in [1.807, 2.05) is 0 Å². The summed E-state index contributed by atoms with van der Waals surface area (Å²) >= 11 is 0. The average Bonchev–Trinajstić information content (AvgIpc) is 2.17. The van der Waals surface area contributed by atoms with Gasteiger partial charge in [-0.3, -0.25) is 4.98 Å². The molecule has 13 heavy (non-hydrogen) atoms. The van der Waals surface area contributed by atoms with E-state index in [-0.39, 0.29) is 12.3 Å². The lowest BCUT2D eigenvalue weighted by molar-refractivity contribution is 0.465. The lowest BCUT2D eigenvalue weighted by Crippen LogP contribution is -2.00. The van der Waals surface area contributed by atoms with Crippen molar-refractivity contribution in [3.05, 3.63) is 30.2 Å². The Bertz CT molecular complexity index is 442. The van der Waals surface area contributed by atoms with Crippen LogP contribution in [-0.2, 0) is 6.54 Å². The Labute approximate surface area is 75.1 Å². The molecule has 4 heteroatoms. The van der Waals surface area contributed by atoms with Crippen LogP contribution in [0.2, 0.25) is 0 Å². The second kappa shape index (κ2) is 2.99. The quantitative estimate of drug-likeness (QED) is 0.672. The summed E-state index contributed by atoms with van der Waals surface area (Å²) in [4.78, 5) is 8.09. The third kappa shape index (κ3) is 1.31. The molecule has 0 aliphatic carbocycles. The van der Waals surface area contributed by atoms with Gasteiger partial charge in [0.25, 0.3) is 0 Å². The summed E-state index contributed by atoms with van der Waals surface area (Å²) in [5.41, 5.74) is 6.65. The molecule has 0 aromatic carbocycles. The molecule has 0 saturated carbocycles. The van der Waals surface area contributed by atoms with Gasteiger partial charge >= 0.3 is 0 Å². The first-order valence-corrected chi connectivity index (χ1v) is 3.94. The lowest BCUT2D eigenvalue weighted by Gasteiger charge is -2.02. The average molecular weight is 175 g/mol. The van der Waals surface area contributed by atoms with Crippen molar-refractivity contribution in [2.75, 3.05) is 0 Å². The molecule has 0 aliphatic rings. The summed E-state index contributed by atoms with van der Waals surface area (Å²) in [5, 5.41) is 10.3. The third-order valence-electron chi connectivity index (χ3n) is 1.87. The summed E-state index contributed by atoms with van der Waals surface area (Å²) in [6.07, 6.45) is 3.31. The molecule has 0 fully saturated rings. The first-order chi connectivity index (χ1) is 6.31. The number of aromatic hydroxyl groups is 1. The molecule has 0 bridgehead atoms. The second-order valence-corrected chi connectivity index (χ2v) is 2.73. The molecule has 0 spiro atoms. The van der Waals surface area contributed by atoms with Crippen molar-refractivity contribution in [3.8, 4) is 5.75 Å². The lowest BCUT2D eigenvalue weighted by atomic mass is 10.2. The van der Waals surface area contributed by atoms with Crippen LogP contribution in [0.5, 0.6) is 5.75 Å². The van der Waals surface area contributed by atoms with E-state index in [1.54, 1.807) is 24.5 Å².